The highest BCUT2D eigenvalue weighted by molar-refractivity contribution is 9.10. The summed E-state index contributed by atoms with van der Waals surface area (Å²) in [5.74, 6) is 1.58. The summed E-state index contributed by atoms with van der Waals surface area (Å²) in [6.45, 7) is 5.02. The molecule has 1 amide bonds. The van der Waals surface area contributed by atoms with Gasteiger partial charge in [0.05, 0.1) is 4.83 Å². The number of amides is 1. The molecule has 0 radical (unpaired) electrons. The maximum absolute atomic E-state index is 11.3. The zero-order chi connectivity index (χ0) is 10.6. The van der Waals surface area contributed by atoms with E-state index in [0.29, 0.717) is 5.92 Å². The quantitative estimate of drug-likeness (QED) is 0.778. The summed E-state index contributed by atoms with van der Waals surface area (Å²) in [6, 6.07) is 0. The van der Waals surface area contributed by atoms with Crippen LogP contribution in [-0.2, 0) is 4.79 Å². The predicted octanol–water partition coefficient (Wildman–Crippen LogP) is 2.71. The van der Waals surface area contributed by atoms with Gasteiger partial charge in [0.1, 0.15) is 0 Å². The Kier molecular flexibility index (Phi) is 4.93. The minimum absolute atomic E-state index is 0.0682. The molecular formula is C11H20BrNO. The van der Waals surface area contributed by atoms with Crippen LogP contribution < -0.4 is 5.32 Å². The van der Waals surface area contributed by atoms with Crippen molar-refractivity contribution in [2.24, 2.45) is 11.8 Å². The Morgan fingerprint density at radius 2 is 2.14 bits per heavy atom. The second kappa shape index (κ2) is 5.74. The number of alkyl halides is 1. The lowest BCUT2D eigenvalue weighted by Crippen LogP contribution is -2.36. The molecule has 0 heterocycles. The number of nitrogens with one attached hydrogen (secondary N) is 1. The fraction of sp³-hybridized carbons (Fsp3) is 0.909. The zero-order valence-corrected chi connectivity index (χ0v) is 10.6. The summed E-state index contributed by atoms with van der Waals surface area (Å²) >= 11 is 3.27. The number of halogens is 1. The molecule has 82 valence electrons. The Bertz CT molecular complexity index is 194. The molecule has 2 nitrogen and oxygen atoms in total. The molecule has 14 heavy (non-hydrogen) atoms. The fourth-order valence-electron chi connectivity index (χ4n) is 2.07. The monoisotopic (exact) mass is 261 g/mol. The number of rotatable bonds is 3. The van der Waals surface area contributed by atoms with Crippen molar-refractivity contribution in [2.75, 3.05) is 6.54 Å². The van der Waals surface area contributed by atoms with E-state index >= 15 is 0 Å². The van der Waals surface area contributed by atoms with Gasteiger partial charge in [-0.2, -0.15) is 0 Å². The molecule has 1 aliphatic carbocycles. The summed E-state index contributed by atoms with van der Waals surface area (Å²) in [5.41, 5.74) is 0. The van der Waals surface area contributed by atoms with Crippen molar-refractivity contribution in [1.82, 2.24) is 5.32 Å². The number of hydrogen-bond acceptors (Lipinski definition) is 1. The average molecular weight is 262 g/mol. The molecule has 0 saturated heterocycles. The van der Waals surface area contributed by atoms with Gasteiger partial charge in [-0.1, -0.05) is 42.1 Å². The van der Waals surface area contributed by atoms with Crippen molar-refractivity contribution in [2.45, 2.75) is 44.4 Å². The van der Waals surface area contributed by atoms with E-state index in [4.69, 9.17) is 0 Å². The number of carbonyl (C=O) groups is 1. The van der Waals surface area contributed by atoms with E-state index in [1.54, 1.807) is 0 Å². The van der Waals surface area contributed by atoms with Gasteiger partial charge in [-0.25, -0.2) is 0 Å². The molecule has 3 heteroatoms. The summed E-state index contributed by atoms with van der Waals surface area (Å²) in [4.78, 5) is 11.3. The van der Waals surface area contributed by atoms with Gasteiger partial charge >= 0.3 is 0 Å². The first-order chi connectivity index (χ1) is 6.61. The van der Waals surface area contributed by atoms with Crippen molar-refractivity contribution in [3.63, 3.8) is 0 Å². The van der Waals surface area contributed by atoms with Gasteiger partial charge in [0.25, 0.3) is 0 Å². The largest absolute Gasteiger partial charge is 0.355 e. The minimum Gasteiger partial charge on any atom is -0.355 e. The van der Waals surface area contributed by atoms with Crippen LogP contribution in [0.5, 0.6) is 0 Å². The number of carbonyl (C=O) groups excluding carboxylic acids is 1. The van der Waals surface area contributed by atoms with Gasteiger partial charge < -0.3 is 5.32 Å². The van der Waals surface area contributed by atoms with Crippen LogP contribution in [-0.4, -0.2) is 17.3 Å². The van der Waals surface area contributed by atoms with E-state index < -0.39 is 0 Å². The van der Waals surface area contributed by atoms with Gasteiger partial charge in [-0.15, -0.1) is 0 Å². The van der Waals surface area contributed by atoms with E-state index in [9.17, 15) is 4.79 Å². The molecule has 3 unspecified atom stereocenters. The van der Waals surface area contributed by atoms with E-state index in [1.165, 1.54) is 25.7 Å². The van der Waals surface area contributed by atoms with Crippen molar-refractivity contribution >= 4 is 21.8 Å². The summed E-state index contributed by atoms with van der Waals surface area (Å²) in [7, 11) is 0. The van der Waals surface area contributed by atoms with E-state index in [-0.39, 0.29) is 10.7 Å². The molecule has 0 bridgehead atoms. The Labute approximate surface area is 95.0 Å². The van der Waals surface area contributed by atoms with Crippen LogP contribution in [0, 0.1) is 11.8 Å². The molecule has 3 atom stereocenters. The van der Waals surface area contributed by atoms with E-state index in [0.717, 1.165) is 12.5 Å². The van der Waals surface area contributed by atoms with Crippen molar-refractivity contribution < 1.29 is 4.79 Å². The highest BCUT2D eigenvalue weighted by atomic mass is 79.9. The van der Waals surface area contributed by atoms with Crippen LogP contribution in [0.2, 0.25) is 0 Å². The Morgan fingerprint density at radius 1 is 1.50 bits per heavy atom. The molecular weight excluding hydrogens is 242 g/mol. The Hall–Kier alpha value is -0.0500. The molecule has 0 aromatic heterocycles. The van der Waals surface area contributed by atoms with E-state index in [2.05, 4.69) is 28.2 Å². The van der Waals surface area contributed by atoms with Crippen molar-refractivity contribution in [1.29, 1.82) is 0 Å². The fourth-order valence-corrected chi connectivity index (χ4v) is 2.23. The first-order valence-corrected chi connectivity index (χ1v) is 6.44. The normalized spacial score (nSPS) is 29.6. The summed E-state index contributed by atoms with van der Waals surface area (Å²) < 4.78 is 0. The standard InChI is InChI=1S/C11H20BrNO/c1-8-5-3-4-6-10(8)7-13-11(14)9(2)12/h8-10H,3-7H2,1-2H3,(H,13,14). The highest BCUT2D eigenvalue weighted by Crippen LogP contribution is 2.28. The topological polar surface area (TPSA) is 29.1 Å². The Morgan fingerprint density at radius 3 is 2.71 bits per heavy atom. The van der Waals surface area contributed by atoms with Crippen LogP contribution >= 0.6 is 15.9 Å². The second-order valence-corrected chi connectivity index (χ2v) is 5.76. The second-order valence-electron chi connectivity index (χ2n) is 4.38. The van der Waals surface area contributed by atoms with E-state index in [1.807, 2.05) is 6.92 Å². The molecule has 1 N–H and O–H groups in total. The molecule has 1 fully saturated rings. The van der Waals surface area contributed by atoms with Gasteiger partial charge in [0.15, 0.2) is 0 Å². The third kappa shape index (κ3) is 3.60. The van der Waals surface area contributed by atoms with Crippen LogP contribution in [0.25, 0.3) is 0 Å². The predicted molar refractivity (Wildman–Crippen MR) is 62.5 cm³/mol. The molecule has 0 spiro atoms. The smallest absolute Gasteiger partial charge is 0.233 e. The first kappa shape index (κ1) is 12.0. The SMILES string of the molecule is CC(Br)C(=O)NCC1CCCCC1C. The van der Waals surface area contributed by atoms with Gasteiger partial charge in [-0.3, -0.25) is 4.79 Å². The lowest BCUT2D eigenvalue weighted by molar-refractivity contribution is -0.120. The third-order valence-corrected chi connectivity index (χ3v) is 3.60. The molecule has 0 aliphatic heterocycles. The molecule has 1 saturated carbocycles. The average Bonchev–Trinajstić information content (AvgIpc) is 2.16. The van der Waals surface area contributed by atoms with Crippen molar-refractivity contribution in [3.05, 3.63) is 0 Å². The lowest BCUT2D eigenvalue weighted by Gasteiger charge is -2.28. The molecule has 1 aliphatic rings. The van der Waals surface area contributed by atoms with Crippen LogP contribution in [0.4, 0.5) is 0 Å². The van der Waals surface area contributed by atoms with Gasteiger partial charge in [0.2, 0.25) is 5.91 Å². The Balaban J connectivity index is 2.26. The lowest BCUT2D eigenvalue weighted by atomic mass is 9.80. The summed E-state index contributed by atoms with van der Waals surface area (Å²) in [6.07, 6.45) is 5.29. The molecule has 0 aromatic rings. The summed E-state index contributed by atoms with van der Waals surface area (Å²) in [5, 5.41) is 3.00. The van der Waals surface area contributed by atoms with Gasteiger partial charge in [-0.05, 0) is 25.2 Å². The van der Waals surface area contributed by atoms with Crippen LogP contribution in [0.15, 0.2) is 0 Å². The maximum atomic E-state index is 11.3. The number of hydrogen-bond donors (Lipinski definition) is 1. The van der Waals surface area contributed by atoms with Crippen LogP contribution in [0.1, 0.15) is 39.5 Å². The van der Waals surface area contributed by atoms with Crippen molar-refractivity contribution in [3.8, 4) is 0 Å². The molecule has 0 aromatic carbocycles. The third-order valence-electron chi connectivity index (χ3n) is 3.19. The maximum Gasteiger partial charge on any atom is 0.233 e. The molecule has 1 rings (SSSR count). The highest BCUT2D eigenvalue weighted by Gasteiger charge is 2.21. The zero-order valence-electron chi connectivity index (χ0n) is 9.05. The van der Waals surface area contributed by atoms with Crippen LogP contribution in [0.3, 0.4) is 0 Å². The van der Waals surface area contributed by atoms with Gasteiger partial charge in [0, 0.05) is 6.54 Å². The first-order valence-electron chi connectivity index (χ1n) is 5.53. The minimum atomic E-state index is -0.0682.